The van der Waals surface area contributed by atoms with E-state index in [4.69, 9.17) is 4.74 Å². The van der Waals surface area contributed by atoms with Gasteiger partial charge in [-0.2, -0.15) is 0 Å². The maximum atomic E-state index is 12.5. The maximum Gasteiger partial charge on any atom is 0.246 e. The highest BCUT2D eigenvalue weighted by Gasteiger charge is 2.41. The number of para-hydroxylation sites is 1. The van der Waals surface area contributed by atoms with E-state index in [0.717, 1.165) is 23.0 Å². The first kappa shape index (κ1) is 16.8. The lowest BCUT2D eigenvalue weighted by Crippen LogP contribution is -2.65. The molecule has 0 N–H and O–H groups in total. The lowest BCUT2D eigenvalue weighted by Gasteiger charge is -2.45. The van der Waals surface area contributed by atoms with Crippen LogP contribution in [0.15, 0.2) is 30.3 Å². The summed E-state index contributed by atoms with van der Waals surface area (Å²) in [6.45, 7) is 2.65. The Kier molecular flexibility index (Phi) is 4.24. The van der Waals surface area contributed by atoms with E-state index >= 15 is 0 Å². The second kappa shape index (κ2) is 6.57. The molecule has 0 aliphatic carbocycles. The van der Waals surface area contributed by atoms with E-state index in [1.165, 1.54) is 4.90 Å². The monoisotopic (exact) mass is 354 g/mol. The van der Waals surface area contributed by atoms with Gasteiger partial charge in [-0.05, 0) is 12.1 Å². The molecule has 0 saturated carbocycles. The summed E-state index contributed by atoms with van der Waals surface area (Å²) in [6.07, 6.45) is 0. The predicted molar refractivity (Wildman–Crippen MR) is 96.7 cm³/mol. The summed E-state index contributed by atoms with van der Waals surface area (Å²) in [5, 5.41) is 1.06. The molecule has 1 atom stereocenters. The molecule has 2 aliphatic rings. The second-order valence-electron chi connectivity index (χ2n) is 6.88. The minimum Gasteiger partial charge on any atom is -0.481 e. The van der Waals surface area contributed by atoms with Crippen molar-refractivity contribution in [3.05, 3.63) is 35.9 Å². The highest BCUT2D eigenvalue weighted by atomic mass is 16.5. The van der Waals surface area contributed by atoms with Gasteiger partial charge < -0.3 is 14.5 Å². The smallest absolute Gasteiger partial charge is 0.246 e. The average Bonchev–Trinajstić information content (AvgIpc) is 2.65. The van der Waals surface area contributed by atoms with Crippen LogP contribution in [-0.4, -0.2) is 77.9 Å². The number of amides is 2. The summed E-state index contributed by atoms with van der Waals surface area (Å²) in [7, 11) is 3.31. The van der Waals surface area contributed by atoms with Gasteiger partial charge in [0.05, 0.1) is 19.2 Å². The summed E-state index contributed by atoms with van der Waals surface area (Å²) in [5.41, 5.74) is 1.88. The Labute approximate surface area is 152 Å². The highest BCUT2D eigenvalue weighted by Crippen LogP contribution is 2.25. The van der Waals surface area contributed by atoms with Crippen LogP contribution >= 0.6 is 0 Å². The molecule has 2 aromatic rings. The normalized spacial score (nSPS) is 21.2. The number of carbonyl (C=O) groups excluding carboxylic acids is 2. The molecule has 2 amide bonds. The zero-order valence-electron chi connectivity index (χ0n) is 15.0. The molecule has 2 aliphatic heterocycles. The SMILES string of the molecule is COc1nc2ccccc2cc1CN1CCN2C(=O)CN(C)C(=O)[C@@H]2C1. The van der Waals surface area contributed by atoms with Crippen molar-refractivity contribution in [2.75, 3.05) is 40.3 Å². The third-order valence-electron chi connectivity index (χ3n) is 5.17. The Morgan fingerprint density at radius 3 is 2.85 bits per heavy atom. The number of benzene rings is 1. The van der Waals surface area contributed by atoms with Gasteiger partial charge >= 0.3 is 0 Å². The minimum atomic E-state index is -0.394. The van der Waals surface area contributed by atoms with Gasteiger partial charge in [-0.1, -0.05) is 18.2 Å². The van der Waals surface area contributed by atoms with Gasteiger partial charge in [-0.25, -0.2) is 4.98 Å². The number of fused-ring (bicyclic) bond motifs is 2. The third-order valence-corrected chi connectivity index (χ3v) is 5.17. The molecule has 2 saturated heterocycles. The Hall–Kier alpha value is -2.67. The van der Waals surface area contributed by atoms with Gasteiger partial charge in [0.25, 0.3) is 0 Å². The number of hydrogen-bond acceptors (Lipinski definition) is 5. The van der Waals surface area contributed by atoms with E-state index in [1.807, 2.05) is 24.3 Å². The topological polar surface area (TPSA) is 66.0 Å². The zero-order chi connectivity index (χ0) is 18.3. The number of piperazine rings is 2. The van der Waals surface area contributed by atoms with Crippen LogP contribution in [0.3, 0.4) is 0 Å². The number of rotatable bonds is 3. The average molecular weight is 354 g/mol. The predicted octanol–water partition coefficient (Wildman–Crippen LogP) is 0.728. The van der Waals surface area contributed by atoms with Crippen LogP contribution in [0.4, 0.5) is 0 Å². The van der Waals surface area contributed by atoms with Crippen LogP contribution in [0.2, 0.25) is 0 Å². The Balaban J connectivity index is 1.57. The molecular formula is C19H22N4O3. The van der Waals surface area contributed by atoms with Crippen LogP contribution in [0, 0.1) is 0 Å². The van der Waals surface area contributed by atoms with Gasteiger partial charge in [0.15, 0.2) is 0 Å². The molecule has 7 nitrogen and oxygen atoms in total. The molecule has 0 unspecified atom stereocenters. The number of pyridine rings is 1. The summed E-state index contributed by atoms with van der Waals surface area (Å²) in [6, 6.07) is 9.63. The first-order chi connectivity index (χ1) is 12.6. The fraction of sp³-hybridized carbons (Fsp3) is 0.421. The molecule has 0 spiro atoms. The quantitative estimate of drug-likeness (QED) is 0.813. The molecule has 136 valence electrons. The Morgan fingerprint density at radius 2 is 2.04 bits per heavy atom. The van der Waals surface area contributed by atoms with Crippen molar-refractivity contribution in [3.63, 3.8) is 0 Å². The van der Waals surface area contributed by atoms with Gasteiger partial charge in [-0.3, -0.25) is 14.5 Å². The molecule has 26 heavy (non-hydrogen) atoms. The fourth-order valence-electron chi connectivity index (χ4n) is 3.79. The molecule has 3 heterocycles. The minimum absolute atomic E-state index is 0.0119. The van der Waals surface area contributed by atoms with Crippen LogP contribution < -0.4 is 4.74 Å². The number of likely N-dealkylation sites (N-methyl/N-ethyl adjacent to an activating group) is 1. The summed E-state index contributed by atoms with van der Waals surface area (Å²) >= 11 is 0. The van der Waals surface area contributed by atoms with Crippen molar-refractivity contribution in [3.8, 4) is 5.88 Å². The lowest BCUT2D eigenvalue weighted by atomic mass is 10.1. The zero-order valence-corrected chi connectivity index (χ0v) is 15.0. The van der Waals surface area contributed by atoms with Gasteiger partial charge in [0.1, 0.15) is 6.04 Å². The van der Waals surface area contributed by atoms with E-state index in [9.17, 15) is 9.59 Å². The highest BCUT2D eigenvalue weighted by molar-refractivity contribution is 5.95. The first-order valence-electron chi connectivity index (χ1n) is 8.76. The lowest BCUT2D eigenvalue weighted by molar-refractivity contribution is -0.158. The van der Waals surface area contributed by atoms with Crippen LogP contribution in [0.1, 0.15) is 5.56 Å². The Morgan fingerprint density at radius 1 is 1.23 bits per heavy atom. The van der Waals surface area contributed by atoms with Gasteiger partial charge in [-0.15, -0.1) is 0 Å². The number of ether oxygens (including phenoxy) is 1. The summed E-state index contributed by atoms with van der Waals surface area (Å²) in [5.74, 6) is 0.647. The van der Waals surface area contributed by atoms with E-state index in [0.29, 0.717) is 25.5 Å². The van der Waals surface area contributed by atoms with Crippen molar-refractivity contribution < 1.29 is 14.3 Å². The number of methoxy groups -OCH3 is 1. The fourth-order valence-corrected chi connectivity index (χ4v) is 3.79. The van der Waals surface area contributed by atoms with Gasteiger partial charge in [0, 0.05) is 44.2 Å². The number of carbonyl (C=O) groups is 2. The second-order valence-corrected chi connectivity index (χ2v) is 6.88. The molecule has 7 heteroatoms. The van der Waals surface area contributed by atoms with Crippen molar-refractivity contribution >= 4 is 22.7 Å². The Bertz CT molecular complexity index is 869. The standard InChI is InChI=1S/C19H22N4O3/c1-21-12-17(24)23-8-7-22(11-16(23)19(21)25)10-14-9-13-5-3-4-6-15(13)20-18(14)26-2/h3-6,9,16H,7-8,10-12H2,1-2H3/t16-/m0/s1. The molecule has 2 fully saturated rings. The van der Waals surface area contributed by atoms with Crippen LogP contribution in [0.25, 0.3) is 10.9 Å². The van der Waals surface area contributed by atoms with Crippen LogP contribution in [-0.2, 0) is 16.1 Å². The van der Waals surface area contributed by atoms with Crippen molar-refractivity contribution in [2.45, 2.75) is 12.6 Å². The van der Waals surface area contributed by atoms with Crippen molar-refractivity contribution in [1.82, 2.24) is 19.7 Å². The molecule has 0 bridgehead atoms. The maximum absolute atomic E-state index is 12.5. The third kappa shape index (κ3) is 2.88. The molecule has 1 aromatic heterocycles. The van der Waals surface area contributed by atoms with Crippen molar-refractivity contribution in [2.24, 2.45) is 0 Å². The van der Waals surface area contributed by atoms with Crippen molar-refractivity contribution in [1.29, 1.82) is 0 Å². The number of nitrogens with zero attached hydrogens (tertiary/aromatic N) is 4. The molecular weight excluding hydrogens is 332 g/mol. The van der Waals surface area contributed by atoms with Gasteiger partial charge in [0.2, 0.25) is 17.7 Å². The van der Waals surface area contributed by atoms with E-state index in [-0.39, 0.29) is 18.4 Å². The number of aromatic nitrogens is 1. The largest absolute Gasteiger partial charge is 0.481 e. The number of hydrogen-bond donors (Lipinski definition) is 0. The van der Waals surface area contributed by atoms with E-state index in [2.05, 4.69) is 16.0 Å². The summed E-state index contributed by atoms with van der Waals surface area (Å²) < 4.78 is 5.48. The van der Waals surface area contributed by atoms with Crippen LogP contribution in [0.5, 0.6) is 5.88 Å². The first-order valence-corrected chi connectivity index (χ1v) is 8.76. The summed E-state index contributed by atoms with van der Waals surface area (Å²) in [4.78, 5) is 34.7. The molecule has 1 aromatic carbocycles. The molecule has 4 rings (SSSR count). The van der Waals surface area contributed by atoms with E-state index in [1.54, 1.807) is 19.1 Å². The molecule has 0 radical (unpaired) electrons. The van der Waals surface area contributed by atoms with E-state index < -0.39 is 6.04 Å².